The first-order valence-corrected chi connectivity index (χ1v) is 8.60. The number of hydrogen-bond donors (Lipinski definition) is 1. The van der Waals surface area contributed by atoms with Crippen LogP contribution in [0.3, 0.4) is 0 Å². The molecule has 1 N–H and O–H groups in total. The maximum Gasteiger partial charge on any atom is 0.207 e. The third-order valence-electron chi connectivity index (χ3n) is 4.00. The van der Waals surface area contributed by atoms with Gasteiger partial charge in [-0.25, -0.2) is 4.98 Å². The lowest BCUT2D eigenvalue weighted by Crippen LogP contribution is -2.21. The molecular formula is C19H20ClN3O2. The summed E-state index contributed by atoms with van der Waals surface area (Å²) in [5.41, 5.74) is 1.99. The fourth-order valence-electron chi connectivity index (χ4n) is 2.78. The molecule has 5 nitrogen and oxygen atoms in total. The number of carbonyl (C=O) groups excluding carboxylic acids is 1. The zero-order chi connectivity index (χ0) is 17.6. The summed E-state index contributed by atoms with van der Waals surface area (Å²) in [6.45, 7) is 3.27. The van der Waals surface area contributed by atoms with Gasteiger partial charge in [0.2, 0.25) is 6.41 Å². The summed E-state index contributed by atoms with van der Waals surface area (Å²) >= 11 is 5.87. The molecule has 1 atom stereocenters. The second-order valence-corrected chi connectivity index (χ2v) is 6.21. The molecule has 0 aliphatic heterocycles. The highest BCUT2D eigenvalue weighted by Gasteiger charge is 2.15. The van der Waals surface area contributed by atoms with Crippen LogP contribution in [0.4, 0.5) is 0 Å². The van der Waals surface area contributed by atoms with Crippen LogP contribution in [0, 0.1) is 0 Å². The van der Waals surface area contributed by atoms with Crippen molar-refractivity contribution < 1.29 is 9.53 Å². The SMILES string of the molecule is C[C@@H](NC=O)c1nc2ccccc2n1CCCOc1ccc(Cl)cc1. The minimum Gasteiger partial charge on any atom is -0.494 e. The van der Waals surface area contributed by atoms with Gasteiger partial charge in [-0.05, 0) is 49.7 Å². The fourth-order valence-corrected chi connectivity index (χ4v) is 2.91. The van der Waals surface area contributed by atoms with E-state index in [1.54, 1.807) is 0 Å². The molecule has 0 aliphatic rings. The predicted molar refractivity (Wildman–Crippen MR) is 98.9 cm³/mol. The number of fused-ring (bicyclic) bond motifs is 1. The number of rotatable bonds is 8. The van der Waals surface area contributed by atoms with Crippen molar-refractivity contribution in [3.8, 4) is 5.75 Å². The number of amides is 1. The van der Waals surface area contributed by atoms with Crippen LogP contribution < -0.4 is 10.1 Å². The van der Waals surface area contributed by atoms with Gasteiger partial charge in [-0.3, -0.25) is 4.79 Å². The standard InChI is InChI=1S/C19H20ClN3O2/c1-14(21-13-24)19-22-17-5-2-3-6-18(17)23(19)11-4-12-25-16-9-7-15(20)8-10-16/h2-3,5-10,13-14H,4,11-12H2,1H3,(H,21,24)/t14-/m1/s1. The Bertz CT molecular complexity index is 846. The number of nitrogens with zero attached hydrogens (tertiary/aromatic N) is 2. The average Bonchev–Trinajstić information content (AvgIpc) is 2.99. The third-order valence-corrected chi connectivity index (χ3v) is 4.25. The van der Waals surface area contributed by atoms with Gasteiger partial charge in [0.1, 0.15) is 11.6 Å². The molecule has 1 aromatic heterocycles. The third kappa shape index (κ3) is 4.12. The molecule has 3 aromatic rings. The Morgan fingerprint density at radius 2 is 2.00 bits per heavy atom. The quantitative estimate of drug-likeness (QED) is 0.490. The Labute approximate surface area is 151 Å². The van der Waals surface area contributed by atoms with E-state index < -0.39 is 0 Å². The highest BCUT2D eigenvalue weighted by atomic mass is 35.5. The lowest BCUT2D eigenvalue weighted by Gasteiger charge is -2.14. The Balaban J connectivity index is 1.70. The number of halogens is 1. The summed E-state index contributed by atoms with van der Waals surface area (Å²) in [5.74, 6) is 1.65. The molecule has 0 fully saturated rings. The van der Waals surface area contributed by atoms with E-state index in [9.17, 15) is 4.79 Å². The van der Waals surface area contributed by atoms with E-state index >= 15 is 0 Å². The molecule has 0 aliphatic carbocycles. The van der Waals surface area contributed by atoms with Gasteiger partial charge in [0.05, 0.1) is 23.7 Å². The van der Waals surface area contributed by atoms with Crippen LogP contribution in [0.2, 0.25) is 5.02 Å². The van der Waals surface area contributed by atoms with E-state index in [2.05, 4.69) is 14.9 Å². The first kappa shape index (κ1) is 17.3. The van der Waals surface area contributed by atoms with Crippen molar-refractivity contribution in [2.45, 2.75) is 25.9 Å². The molecule has 6 heteroatoms. The number of benzene rings is 2. The Morgan fingerprint density at radius 1 is 1.24 bits per heavy atom. The minimum absolute atomic E-state index is 0.151. The zero-order valence-corrected chi connectivity index (χ0v) is 14.7. The van der Waals surface area contributed by atoms with Crippen LogP contribution in [0.15, 0.2) is 48.5 Å². The van der Waals surface area contributed by atoms with E-state index in [0.29, 0.717) is 18.0 Å². The Morgan fingerprint density at radius 3 is 2.76 bits per heavy atom. The van der Waals surface area contributed by atoms with Crippen molar-refractivity contribution >= 4 is 29.0 Å². The zero-order valence-electron chi connectivity index (χ0n) is 14.0. The monoisotopic (exact) mass is 357 g/mol. The predicted octanol–water partition coefficient (Wildman–Crippen LogP) is 3.97. The number of ether oxygens (including phenoxy) is 1. The number of para-hydroxylation sites is 2. The van der Waals surface area contributed by atoms with Crippen molar-refractivity contribution in [2.75, 3.05) is 6.61 Å². The summed E-state index contributed by atoms with van der Waals surface area (Å²) in [5, 5.41) is 3.47. The molecule has 2 aromatic carbocycles. The summed E-state index contributed by atoms with van der Waals surface area (Å²) in [7, 11) is 0. The average molecular weight is 358 g/mol. The van der Waals surface area contributed by atoms with Crippen molar-refractivity contribution in [1.29, 1.82) is 0 Å². The molecule has 0 radical (unpaired) electrons. The van der Waals surface area contributed by atoms with Gasteiger partial charge < -0.3 is 14.6 Å². The van der Waals surface area contributed by atoms with Gasteiger partial charge in [-0.15, -0.1) is 0 Å². The Kier molecular flexibility index (Phi) is 5.56. The van der Waals surface area contributed by atoms with Crippen LogP contribution in [-0.4, -0.2) is 22.6 Å². The second-order valence-electron chi connectivity index (χ2n) is 5.77. The topological polar surface area (TPSA) is 56.2 Å². The number of aryl methyl sites for hydroxylation is 1. The number of imidazole rings is 1. The molecule has 25 heavy (non-hydrogen) atoms. The molecule has 3 rings (SSSR count). The normalized spacial score (nSPS) is 12.1. The van der Waals surface area contributed by atoms with Crippen molar-refractivity contribution in [1.82, 2.24) is 14.9 Å². The fraction of sp³-hybridized carbons (Fsp3) is 0.263. The highest BCUT2D eigenvalue weighted by molar-refractivity contribution is 6.30. The summed E-state index contributed by atoms with van der Waals surface area (Å²) < 4.78 is 7.90. The van der Waals surface area contributed by atoms with E-state index in [1.807, 2.05) is 55.5 Å². The van der Waals surface area contributed by atoms with Crippen LogP contribution in [0.25, 0.3) is 11.0 Å². The summed E-state index contributed by atoms with van der Waals surface area (Å²) in [6.07, 6.45) is 1.53. The van der Waals surface area contributed by atoms with Gasteiger partial charge in [-0.2, -0.15) is 0 Å². The lowest BCUT2D eigenvalue weighted by molar-refractivity contribution is -0.110. The maximum absolute atomic E-state index is 10.8. The molecule has 0 unspecified atom stereocenters. The molecule has 1 heterocycles. The molecule has 0 bridgehead atoms. The van der Waals surface area contributed by atoms with E-state index in [0.717, 1.165) is 35.6 Å². The molecule has 0 spiro atoms. The van der Waals surface area contributed by atoms with E-state index in [4.69, 9.17) is 16.3 Å². The minimum atomic E-state index is -0.151. The Hall–Kier alpha value is -2.53. The van der Waals surface area contributed by atoms with Gasteiger partial charge in [0.25, 0.3) is 0 Å². The van der Waals surface area contributed by atoms with Crippen LogP contribution in [0.5, 0.6) is 5.75 Å². The summed E-state index contributed by atoms with van der Waals surface area (Å²) in [6, 6.07) is 15.2. The first-order chi connectivity index (χ1) is 12.2. The molecule has 1 amide bonds. The first-order valence-electron chi connectivity index (χ1n) is 8.22. The molecular weight excluding hydrogens is 338 g/mol. The van der Waals surface area contributed by atoms with Gasteiger partial charge >= 0.3 is 0 Å². The number of hydrogen-bond acceptors (Lipinski definition) is 3. The largest absolute Gasteiger partial charge is 0.494 e. The van der Waals surface area contributed by atoms with Crippen LogP contribution >= 0.6 is 11.6 Å². The van der Waals surface area contributed by atoms with E-state index in [1.165, 1.54) is 0 Å². The lowest BCUT2D eigenvalue weighted by atomic mass is 10.3. The van der Waals surface area contributed by atoms with Crippen molar-refractivity contribution in [3.05, 3.63) is 59.4 Å². The van der Waals surface area contributed by atoms with Crippen LogP contribution in [-0.2, 0) is 11.3 Å². The molecule has 0 saturated heterocycles. The van der Waals surface area contributed by atoms with E-state index in [-0.39, 0.29) is 6.04 Å². The number of nitrogens with one attached hydrogen (secondary N) is 1. The number of aromatic nitrogens is 2. The molecule has 0 saturated carbocycles. The van der Waals surface area contributed by atoms with Crippen molar-refractivity contribution in [3.63, 3.8) is 0 Å². The number of carbonyl (C=O) groups is 1. The van der Waals surface area contributed by atoms with Gasteiger partial charge in [0.15, 0.2) is 0 Å². The van der Waals surface area contributed by atoms with Gasteiger partial charge in [-0.1, -0.05) is 23.7 Å². The smallest absolute Gasteiger partial charge is 0.207 e. The highest BCUT2D eigenvalue weighted by Crippen LogP contribution is 2.21. The summed E-state index contributed by atoms with van der Waals surface area (Å²) in [4.78, 5) is 15.4. The van der Waals surface area contributed by atoms with Crippen LogP contribution in [0.1, 0.15) is 25.2 Å². The van der Waals surface area contributed by atoms with Crippen molar-refractivity contribution in [2.24, 2.45) is 0 Å². The maximum atomic E-state index is 10.8. The molecule has 130 valence electrons. The van der Waals surface area contributed by atoms with Gasteiger partial charge in [0, 0.05) is 11.6 Å². The second kappa shape index (κ2) is 8.03.